The Balaban J connectivity index is 2.38. The second kappa shape index (κ2) is 5.45. The van der Waals surface area contributed by atoms with E-state index in [0.29, 0.717) is 17.3 Å². The van der Waals surface area contributed by atoms with Crippen LogP contribution in [-0.4, -0.2) is 29.8 Å². The molecule has 82 valence electrons. The Morgan fingerprint density at radius 3 is 2.80 bits per heavy atom. The average Bonchev–Trinajstić information content (AvgIpc) is 2.66. The van der Waals surface area contributed by atoms with Crippen LogP contribution >= 0.6 is 11.8 Å². The van der Waals surface area contributed by atoms with E-state index in [9.17, 15) is 9.59 Å². The summed E-state index contributed by atoms with van der Waals surface area (Å²) in [5.74, 6) is -0.662. The van der Waals surface area contributed by atoms with Gasteiger partial charge in [0.25, 0.3) is 0 Å². The van der Waals surface area contributed by atoms with Gasteiger partial charge in [-0.15, -0.1) is 0 Å². The van der Waals surface area contributed by atoms with Crippen LogP contribution in [0.2, 0.25) is 0 Å². The molecule has 1 amide bonds. The van der Waals surface area contributed by atoms with E-state index in [1.165, 1.54) is 17.8 Å². The third-order valence-electron chi connectivity index (χ3n) is 1.64. The summed E-state index contributed by atoms with van der Waals surface area (Å²) in [7, 11) is 1.57. The number of carboxylic acids is 1. The van der Waals surface area contributed by atoms with Crippen LogP contribution in [0, 0.1) is 0 Å². The van der Waals surface area contributed by atoms with Gasteiger partial charge in [-0.3, -0.25) is 4.79 Å². The van der Waals surface area contributed by atoms with Crippen LogP contribution in [0.25, 0.3) is 0 Å². The van der Waals surface area contributed by atoms with E-state index < -0.39 is 5.97 Å². The van der Waals surface area contributed by atoms with E-state index in [-0.39, 0.29) is 11.7 Å². The molecule has 15 heavy (non-hydrogen) atoms. The lowest BCUT2D eigenvalue weighted by Crippen LogP contribution is -2.17. The first kappa shape index (κ1) is 11.6. The molecule has 1 rings (SSSR count). The Hall–Kier alpha value is -1.43. The molecule has 6 heteroatoms. The Morgan fingerprint density at radius 1 is 1.53 bits per heavy atom. The number of amides is 1. The standard InChI is InChI=1S/C9H11NO4S/c1-10-7(11)4-5-15-8-3-2-6(14-8)9(12)13/h2-3H,4-5H2,1H3,(H,10,11)(H,12,13). The molecule has 0 spiro atoms. The molecule has 2 N–H and O–H groups in total. The number of thioether (sulfide) groups is 1. The monoisotopic (exact) mass is 229 g/mol. The molecule has 0 radical (unpaired) electrons. The van der Waals surface area contributed by atoms with E-state index in [4.69, 9.17) is 9.52 Å². The normalized spacial score (nSPS) is 9.93. The maximum Gasteiger partial charge on any atom is 0.371 e. The Morgan fingerprint density at radius 2 is 2.27 bits per heavy atom. The van der Waals surface area contributed by atoms with E-state index in [0.717, 1.165) is 0 Å². The highest BCUT2D eigenvalue weighted by molar-refractivity contribution is 7.99. The number of rotatable bonds is 5. The minimum absolute atomic E-state index is 0.0486. The Bertz CT molecular complexity index is 361. The Labute approximate surface area is 90.8 Å². The highest BCUT2D eigenvalue weighted by atomic mass is 32.2. The zero-order valence-electron chi connectivity index (χ0n) is 8.15. The molecule has 1 heterocycles. The van der Waals surface area contributed by atoms with Crippen molar-refractivity contribution in [3.05, 3.63) is 17.9 Å². The lowest BCUT2D eigenvalue weighted by atomic mass is 10.5. The number of nitrogens with one attached hydrogen (secondary N) is 1. The van der Waals surface area contributed by atoms with Crippen molar-refractivity contribution in [2.45, 2.75) is 11.5 Å². The van der Waals surface area contributed by atoms with Crippen molar-refractivity contribution >= 4 is 23.6 Å². The molecule has 1 aromatic heterocycles. The second-order valence-electron chi connectivity index (χ2n) is 2.70. The van der Waals surface area contributed by atoms with Gasteiger partial charge in [-0.1, -0.05) is 11.8 Å². The number of hydrogen-bond donors (Lipinski definition) is 2. The lowest BCUT2D eigenvalue weighted by molar-refractivity contribution is -0.120. The van der Waals surface area contributed by atoms with Crippen LogP contribution in [0.5, 0.6) is 0 Å². The molecule has 5 nitrogen and oxygen atoms in total. The Kier molecular flexibility index (Phi) is 4.23. The predicted octanol–water partition coefficient (Wildman–Crippen LogP) is 1.21. The number of carboxylic acid groups (broad SMARTS) is 1. The van der Waals surface area contributed by atoms with Gasteiger partial charge in [0.15, 0.2) is 5.09 Å². The molecule has 0 aliphatic rings. The third kappa shape index (κ3) is 3.67. The van der Waals surface area contributed by atoms with Gasteiger partial charge in [-0.2, -0.15) is 0 Å². The first-order valence-electron chi connectivity index (χ1n) is 4.30. The zero-order chi connectivity index (χ0) is 11.3. The van der Waals surface area contributed by atoms with Crippen LogP contribution < -0.4 is 5.32 Å². The van der Waals surface area contributed by atoms with Crippen molar-refractivity contribution in [2.75, 3.05) is 12.8 Å². The van der Waals surface area contributed by atoms with Gasteiger partial charge in [0, 0.05) is 19.2 Å². The quantitative estimate of drug-likeness (QED) is 0.742. The fraction of sp³-hybridized carbons (Fsp3) is 0.333. The molecular weight excluding hydrogens is 218 g/mol. The minimum Gasteiger partial charge on any atom is -0.475 e. The van der Waals surface area contributed by atoms with Gasteiger partial charge in [-0.25, -0.2) is 4.79 Å². The first-order valence-corrected chi connectivity index (χ1v) is 5.28. The van der Waals surface area contributed by atoms with Gasteiger partial charge in [0.05, 0.1) is 0 Å². The van der Waals surface area contributed by atoms with Crippen molar-refractivity contribution in [3.8, 4) is 0 Å². The molecule has 0 aromatic carbocycles. The van der Waals surface area contributed by atoms with Crippen LogP contribution in [0.15, 0.2) is 21.6 Å². The van der Waals surface area contributed by atoms with Gasteiger partial charge >= 0.3 is 5.97 Å². The van der Waals surface area contributed by atoms with Crippen LogP contribution in [0.3, 0.4) is 0 Å². The molecule has 0 bridgehead atoms. The summed E-state index contributed by atoms with van der Waals surface area (Å²) >= 11 is 1.31. The topological polar surface area (TPSA) is 79.5 Å². The third-order valence-corrected chi connectivity index (χ3v) is 2.56. The molecule has 1 aromatic rings. The van der Waals surface area contributed by atoms with E-state index in [2.05, 4.69) is 5.32 Å². The molecule has 0 fully saturated rings. The number of hydrogen-bond acceptors (Lipinski definition) is 4. The summed E-state index contributed by atoms with van der Waals surface area (Å²) < 4.78 is 4.99. The molecule has 0 atom stereocenters. The number of carbonyl (C=O) groups excluding carboxylic acids is 1. The molecule has 0 aliphatic carbocycles. The van der Waals surface area contributed by atoms with Gasteiger partial charge in [0.2, 0.25) is 11.7 Å². The van der Waals surface area contributed by atoms with Gasteiger partial charge < -0.3 is 14.8 Å². The van der Waals surface area contributed by atoms with E-state index >= 15 is 0 Å². The van der Waals surface area contributed by atoms with Crippen molar-refractivity contribution in [1.82, 2.24) is 5.32 Å². The number of furan rings is 1. The summed E-state index contributed by atoms with van der Waals surface area (Å²) in [6.45, 7) is 0. The van der Waals surface area contributed by atoms with Crippen LogP contribution in [0.4, 0.5) is 0 Å². The predicted molar refractivity (Wildman–Crippen MR) is 55.1 cm³/mol. The van der Waals surface area contributed by atoms with Crippen LogP contribution in [0.1, 0.15) is 17.0 Å². The molecular formula is C9H11NO4S. The summed E-state index contributed by atoms with van der Waals surface area (Å²) in [6, 6.07) is 2.97. The zero-order valence-corrected chi connectivity index (χ0v) is 8.97. The smallest absolute Gasteiger partial charge is 0.371 e. The van der Waals surface area contributed by atoms with Crippen molar-refractivity contribution in [2.24, 2.45) is 0 Å². The molecule has 0 saturated heterocycles. The highest BCUT2D eigenvalue weighted by Gasteiger charge is 2.09. The summed E-state index contributed by atoms with van der Waals surface area (Å²) in [6.07, 6.45) is 0.379. The average molecular weight is 229 g/mol. The maximum absolute atomic E-state index is 10.9. The SMILES string of the molecule is CNC(=O)CCSc1ccc(C(=O)O)o1. The fourth-order valence-electron chi connectivity index (χ4n) is 0.882. The summed E-state index contributed by atoms with van der Waals surface area (Å²) in [5, 5.41) is 11.6. The van der Waals surface area contributed by atoms with E-state index in [1.807, 2.05) is 0 Å². The van der Waals surface area contributed by atoms with Crippen molar-refractivity contribution in [3.63, 3.8) is 0 Å². The number of carbonyl (C=O) groups is 2. The van der Waals surface area contributed by atoms with Gasteiger partial charge in [0.1, 0.15) is 0 Å². The molecule has 0 aliphatic heterocycles. The second-order valence-corrected chi connectivity index (χ2v) is 3.79. The van der Waals surface area contributed by atoms with E-state index in [1.54, 1.807) is 13.1 Å². The molecule has 0 saturated carbocycles. The highest BCUT2D eigenvalue weighted by Crippen LogP contribution is 2.21. The molecule has 0 unspecified atom stereocenters. The maximum atomic E-state index is 10.9. The van der Waals surface area contributed by atoms with Crippen molar-refractivity contribution < 1.29 is 19.1 Å². The van der Waals surface area contributed by atoms with Crippen LogP contribution in [-0.2, 0) is 4.79 Å². The van der Waals surface area contributed by atoms with Gasteiger partial charge in [-0.05, 0) is 12.1 Å². The lowest BCUT2D eigenvalue weighted by Gasteiger charge is -1.97. The van der Waals surface area contributed by atoms with Crippen molar-refractivity contribution in [1.29, 1.82) is 0 Å². The number of aromatic carboxylic acids is 1. The first-order chi connectivity index (χ1) is 7.13. The largest absolute Gasteiger partial charge is 0.475 e. The summed E-state index contributed by atoms with van der Waals surface area (Å²) in [4.78, 5) is 21.3. The summed E-state index contributed by atoms with van der Waals surface area (Å²) in [5.41, 5.74) is 0. The fourth-order valence-corrected chi connectivity index (χ4v) is 1.68. The minimum atomic E-state index is -1.09.